The van der Waals surface area contributed by atoms with Gasteiger partial charge in [0.1, 0.15) is 0 Å². The van der Waals surface area contributed by atoms with E-state index in [1.807, 2.05) is 0 Å². The average Bonchev–Trinajstić information content (AvgIpc) is 2.46. The fraction of sp³-hybridized carbons (Fsp3) is 1.00. The summed E-state index contributed by atoms with van der Waals surface area (Å²) in [7, 11) is -1.25. The summed E-state index contributed by atoms with van der Waals surface area (Å²) in [6, 6.07) is 0. The minimum absolute atomic E-state index is 0.132. The van der Waals surface area contributed by atoms with Crippen molar-refractivity contribution in [3.8, 4) is 0 Å². The molecule has 0 aromatic carbocycles. The van der Waals surface area contributed by atoms with Crippen LogP contribution in [-0.4, -0.2) is 41.1 Å². The van der Waals surface area contributed by atoms with Crippen LogP contribution in [0.4, 0.5) is 0 Å². The van der Waals surface area contributed by atoms with E-state index in [4.69, 9.17) is 9.26 Å². The summed E-state index contributed by atoms with van der Waals surface area (Å²) in [6.45, 7) is 1.06. The van der Waals surface area contributed by atoms with E-state index in [1.54, 1.807) is 0 Å². The highest BCUT2D eigenvalue weighted by Gasteiger charge is 2.23. The Morgan fingerprint density at radius 1 is 0.895 bits per heavy atom. The molecule has 1 atom stereocenters. The van der Waals surface area contributed by atoms with Crippen molar-refractivity contribution in [2.75, 3.05) is 13.2 Å². The summed E-state index contributed by atoms with van der Waals surface area (Å²) in [5, 5.41) is 9.40. The number of aliphatic hydroxyl groups excluding tert-OH is 1. The number of aliphatic hydroxyl groups is 1. The molecule has 2 N–H and O–H groups in total. The first-order valence-electron chi connectivity index (χ1n) is 7.66. The Kier molecular flexibility index (Phi) is 7.03. The Morgan fingerprint density at radius 3 is 2.26 bits per heavy atom. The molecule has 112 valence electrons. The Hall–Kier alpha value is 0.270. The maximum absolute atomic E-state index is 10.00. The first-order chi connectivity index (χ1) is 9.25. The third-order valence-electron chi connectivity index (χ3n) is 4.19. The van der Waals surface area contributed by atoms with E-state index in [1.165, 1.54) is 19.3 Å². The summed E-state index contributed by atoms with van der Waals surface area (Å²) in [5.41, 5.74) is 0.383. The van der Waals surface area contributed by atoms with Crippen LogP contribution < -0.4 is 0 Å². The lowest BCUT2D eigenvalue weighted by Crippen LogP contribution is -2.25. The molecule has 0 spiro atoms. The molecule has 0 aromatic rings. The molecule has 0 aliphatic heterocycles. The highest BCUT2D eigenvalue weighted by molar-refractivity contribution is 7.47. The minimum Gasteiger partial charge on any atom is -0.393 e. The topological polar surface area (TPSA) is 58.9 Å². The SMILES string of the molecule is OC1CCC(OCCOP(O)C2CCCCC2)CC1. The number of ether oxygens (including phenoxy) is 1. The van der Waals surface area contributed by atoms with Gasteiger partial charge in [0, 0.05) is 5.66 Å². The lowest BCUT2D eigenvalue weighted by Gasteiger charge is -2.27. The second-order valence-corrected chi connectivity index (χ2v) is 7.32. The molecule has 0 aromatic heterocycles. The van der Waals surface area contributed by atoms with Crippen molar-refractivity contribution >= 4 is 8.38 Å². The summed E-state index contributed by atoms with van der Waals surface area (Å²) < 4.78 is 11.3. The first-order valence-corrected chi connectivity index (χ1v) is 8.94. The largest absolute Gasteiger partial charge is 0.393 e. The molecule has 19 heavy (non-hydrogen) atoms. The highest BCUT2D eigenvalue weighted by atomic mass is 31.2. The lowest BCUT2D eigenvalue weighted by molar-refractivity contribution is -0.0130. The Bertz CT molecular complexity index is 238. The van der Waals surface area contributed by atoms with E-state index >= 15 is 0 Å². The summed E-state index contributed by atoms with van der Waals surface area (Å²) in [5.74, 6) is 0. The Balaban J connectivity index is 1.51. The molecule has 2 fully saturated rings. The van der Waals surface area contributed by atoms with Gasteiger partial charge in [0.15, 0.2) is 8.38 Å². The van der Waals surface area contributed by atoms with Crippen molar-refractivity contribution in [1.29, 1.82) is 0 Å². The van der Waals surface area contributed by atoms with Gasteiger partial charge >= 0.3 is 0 Å². The summed E-state index contributed by atoms with van der Waals surface area (Å²) >= 11 is 0. The minimum atomic E-state index is -1.25. The second kappa shape index (κ2) is 8.53. The zero-order valence-corrected chi connectivity index (χ0v) is 12.6. The standard InChI is InChI=1S/C14H27O4P/c15-12-6-8-13(9-7-12)17-10-11-18-19(16)14-4-2-1-3-5-14/h12-16H,1-11H2. The van der Waals surface area contributed by atoms with E-state index in [-0.39, 0.29) is 12.2 Å². The molecule has 0 amide bonds. The van der Waals surface area contributed by atoms with Gasteiger partial charge in [0.2, 0.25) is 0 Å². The van der Waals surface area contributed by atoms with Gasteiger partial charge in [0.25, 0.3) is 0 Å². The average molecular weight is 290 g/mol. The van der Waals surface area contributed by atoms with E-state index in [0.717, 1.165) is 38.5 Å². The summed E-state index contributed by atoms with van der Waals surface area (Å²) in [4.78, 5) is 10.00. The van der Waals surface area contributed by atoms with E-state index in [9.17, 15) is 10.00 Å². The van der Waals surface area contributed by atoms with Crippen molar-refractivity contribution in [1.82, 2.24) is 0 Å². The fourth-order valence-corrected chi connectivity index (χ4v) is 4.24. The number of hydrogen-bond acceptors (Lipinski definition) is 4. The van der Waals surface area contributed by atoms with Gasteiger partial charge in [-0.2, -0.15) is 0 Å². The van der Waals surface area contributed by atoms with Crippen molar-refractivity contribution in [2.24, 2.45) is 0 Å². The van der Waals surface area contributed by atoms with Crippen LogP contribution in [0.1, 0.15) is 57.8 Å². The van der Waals surface area contributed by atoms with E-state index in [0.29, 0.717) is 18.9 Å². The van der Waals surface area contributed by atoms with Gasteiger partial charge < -0.3 is 19.3 Å². The Labute approximate surface area is 117 Å². The van der Waals surface area contributed by atoms with Crippen molar-refractivity contribution in [3.63, 3.8) is 0 Å². The zero-order valence-electron chi connectivity index (χ0n) is 11.7. The van der Waals surface area contributed by atoms with Gasteiger partial charge in [-0.25, -0.2) is 0 Å². The summed E-state index contributed by atoms with van der Waals surface area (Å²) in [6.07, 6.45) is 9.71. The van der Waals surface area contributed by atoms with E-state index < -0.39 is 8.38 Å². The normalized spacial score (nSPS) is 31.3. The maximum atomic E-state index is 10.00. The second-order valence-electron chi connectivity index (χ2n) is 5.73. The molecule has 0 saturated heterocycles. The molecule has 2 rings (SSSR count). The van der Waals surface area contributed by atoms with Crippen molar-refractivity contribution in [2.45, 2.75) is 75.7 Å². The molecular weight excluding hydrogens is 263 g/mol. The van der Waals surface area contributed by atoms with Crippen LogP contribution in [0, 0.1) is 0 Å². The zero-order chi connectivity index (χ0) is 13.5. The highest BCUT2D eigenvalue weighted by Crippen LogP contribution is 2.44. The van der Waals surface area contributed by atoms with Gasteiger partial charge in [0.05, 0.1) is 25.4 Å². The molecule has 4 nitrogen and oxygen atoms in total. The third kappa shape index (κ3) is 5.65. The van der Waals surface area contributed by atoms with Gasteiger partial charge in [-0.15, -0.1) is 0 Å². The maximum Gasteiger partial charge on any atom is 0.171 e. The molecule has 0 heterocycles. The molecule has 0 radical (unpaired) electrons. The van der Waals surface area contributed by atoms with Crippen LogP contribution in [0.15, 0.2) is 0 Å². The van der Waals surface area contributed by atoms with E-state index in [2.05, 4.69) is 0 Å². The molecule has 2 aliphatic rings. The van der Waals surface area contributed by atoms with Gasteiger partial charge in [-0.1, -0.05) is 19.3 Å². The Morgan fingerprint density at radius 2 is 1.58 bits per heavy atom. The molecule has 5 heteroatoms. The number of hydrogen-bond donors (Lipinski definition) is 2. The van der Waals surface area contributed by atoms with Gasteiger partial charge in [-0.05, 0) is 38.5 Å². The van der Waals surface area contributed by atoms with Crippen LogP contribution in [0.25, 0.3) is 0 Å². The quantitative estimate of drug-likeness (QED) is 0.583. The lowest BCUT2D eigenvalue weighted by atomic mass is 9.95. The van der Waals surface area contributed by atoms with Crippen LogP contribution in [0.5, 0.6) is 0 Å². The van der Waals surface area contributed by atoms with Crippen LogP contribution in [0.3, 0.4) is 0 Å². The predicted octanol–water partition coefficient (Wildman–Crippen LogP) is 2.96. The molecule has 2 aliphatic carbocycles. The first kappa shape index (κ1) is 15.7. The van der Waals surface area contributed by atoms with Crippen LogP contribution in [0.2, 0.25) is 0 Å². The predicted molar refractivity (Wildman–Crippen MR) is 76.2 cm³/mol. The monoisotopic (exact) mass is 290 g/mol. The molecule has 0 bridgehead atoms. The fourth-order valence-electron chi connectivity index (χ4n) is 2.96. The van der Waals surface area contributed by atoms with Crippen molar-refractivity contribution < 1.29 is 19.3 Å². The van der Waals surface area contributed by atoms with Gasteiger partial charge in [-0.3, -0.25) is 0 Å². The molecule has 1 unspecified atom stereocenters. The smallest absolute Gasteiger partial charge is 0.171 e. The van der Waals surface area contributed by atoms with Crippen molar-refractivity contribution in [3.05, 3.63) is 0 Å². The third-order valence-corrected chi connectivity index (χ3v) is 5.78. The van der Waals surface area contributed by atoms with Crippen LogP contribution in [-0.2, 0) is 9.26 Å². The molecular formula is C14H27O4P. The molecule has 2 saturated carbocycles. The van der Waals surface area contributed by atoms with Crippen LogP contribution >= 0.6 is 8.38 Å². The number of rotatable bonds is 6.